The predicted molar refractivity (Wildman–Crippen MR) is 77.6 cm³/mol. The summed E-state index contributed by atoms with van der Waals surface area (Å²) in [6, 6.07) is 5.50. The van der Waals surface area contributed by atoms with Gasteiger partial charge in [-0.05, 0) is 36.1 Å². The van der Waals surface area contributed by atoms with Crippen LogP contribution in [0.1, 0.15) is 24.0 Å². The number of carboxylic acids is 1. The topological polar surface area (TPSA) is 49.3 Å². The molecule has 0 radical (unpaired) electrons. The van der Waals surface area contributed by atoms with E-state index in [4.69, 9.17) is 9.90 Å². The number of aliphatic carboxylic acids is 1. The van der Waals surface area contributed by atoms with Gasteiger partial charge < -0.3 is 10.4 Å². The van der Waals surface area contributed by atoms with E-state index in [1.807, 2.05) is 0 Å². The lowest BCUT2D eigenvalue weighted by Gasteiger charge is -2.37. The second kappa shape index (κ2) is 6.70. The van der Waals surface area contributed by atoms with E-state index in [9.17, 15) is 26.3 Å². The molecule has 1 saturated heterocycles. The minimum absolute atomic E-state index is 0.276. The fraction of sp³-hybridized carbons (Fsp3) is 0.438. The number of carboxylic acid groups (broad SMARTS) is 1. The van der Waals surface area contributed by atoms with Crippen molar-refractivity contribution in [3.8, 4) is 0 Å². The van der Waals surface area contributed by atoms with Gasteiger partial charge in [-0.25, -0.2) is 4.79 Å². The van der Waals surface area contributed by atoms with Crippen LogP contribution in [0.4, 0.5) is 26.3 Å². The summed E-state index contributed by atoms with van der Waals surface area (Å²) in [4.78, 5) is 8.90. The Bertz CT molecular complexity index is 657. The van der Waals surface area contributed by atoms with Crippen molar-refractivity contribution >= 4 is 11.5 Å². The van der Waals surface area contributed by atoms with E-state index in [1.54, 1.807) is 12.1 Å². The van der Waals surface area contributed by atoms with E-state index >= 15 is 0 Å². The molecule has 1 aliphatic heterocycles. The van der Waals surface area contributed by atoms with E-state index in [-0.39, 0.29) is 5.41 Å². The Hall–Kier alpha value is -2.03. The summed E-state index contributed by atoms with van der Waals surface area (Å²) in [6.45, 7) is 1.99. The number of allylic oxidation sites excluding steroid dienone is 1. The zero-order valence-electron chi connectivity index (χ0n) is 12.8. The van der Waals surface area contributed by atoms with Crippen LogP contribution >= 0.6 is 0 Å². The van der Waals surface area contributed by atoms with E-state index < -0.39 is 23.9 Å². The van der Waals surface area contributed by atoms with Crippen molar-refractivity contribution in [1.29, 1.82) is 0 Å². The lowest BCUT2D eigenvalue weighted by Crippen LogP contribution is -2.50. The van der Waals surface area contributed by atoms with Crippen molar-refractivity contribution in [2.24, 2.45) is 5.41 Å². The third-order valence-electron chi connectivity index (χ3n) is 4.15. The standard InChI is InChI=1S/C14H14F3N.C2HF3O2/c15-14(16,17)12-3-1-10(2-4-12)11-5-6-13(7-11)8-18-9-13;3-2(4,5)1(6)7/h1-4,7,18H,5-6,8-9H2;(H,6,7). The second-order valence-corrected chi connectivity index (χ2v) is 6.01. The monoisotopic (exact) mass is 367 g/mol. The number of alkyl halides is 6. The Kier molecular flexibility index (Phi) is 5.17. The highest BCUT2D eigenvalue weighted by atomic mass is 19.4. The second-order valence-electron chi connectivity index (χ2n) is 6.01. The number of halogens is 6. The first-order valence-electron chi connectivity index (χ1n) is 7.33. The maximum absolute atomic E-state index is 12.5. The Balaban J connectivity index is 0.000000277. The van der Waals surface area contributed by atoms with Gasteiger partial charge in [-0.15, -0.1) is 0 Å². The van der Waals surface area contributed by atoms with Crippen molar-refractivity contribution in [1.82, 2.24) is 5.32 Å². The number of benzene rings is 1. The molecule has 1 heterocycles. The third-order valence-corrected chi connectivity index (χ3v) is 4.15. The lowest BCUT2D eigenvalue weighted by atomic mass is 9.82. The van der Waals surface area contributed by atoms with Gasteiger partial charge >= 0.3 is 18.3 Å². The number of rotatable bonds is 1. The summed E-state index contributed by atoms with van der Waals surface area (Å²) in [5.41, 5.74) is 1.81. The molecule has 3 nitrogen and oxygen atoms in total. The Labute approximate surface area is 139 Å². The molecule has 0 bridgehead atoms. The molecule has 0 amide bonds. The van der Waals surface area contributed by atoms with Crippen LogP contribution in [-0.2, 0) is 11.0 Å². The van der Waals surface area contributed by atoms with E-state index in [0.717, 1.165) is 31.5 Å². The molecule has 0 atom stereocenters. The summed E-state index contributed by atoms with van der Waals surface area (Å²) in [7, 11) is 0. The number of hydrogen-bond donors (Lipinski definition) is 2. The largest absolute Gasteiger partial charge is 0.490 e. The maximum atomic E-state index is 12.5. The first-order valence-corrected chi connectivity index (χ1v) is 7.33. The number of nitrogens with one attached hydrogen (secondary N) is 1. The zero-order chi connectivity index (χ0) is 18.9. The van der Waals surface area contributed by atoms with E-state index in [1.165, 1.54) is 17.7 Å². The molecule has 1 fully saturated rings. The zero-order valence-corrected chi connectivity index (χ0v) is 12.8. The molecular weight excluding hydrogens is 352 g/mol. The summed E-state index contributed by atoms with van der Waals surface area (Å²) >= 11 is 0. The number of carbonyl (C=O) groups is 1. The molecule has 9 heteroatoms. The van der Waals surface area contributed by atoms with Gasteiger partial charge in [-0.2, -0.15) is 26.3 Å². The first kappa shape index (κ1) is 19.3. The molecule has 2 aliphatic rings. The van der Waals surface area contributed by atoms with Gasteiger partial charge in [0.1, 0.15) is 0 Å². The fourth-order valence-electron chi connectivity index (χ4n) is 2.72. The summed E-state index contributed by atoms with van der Waals surface area (Å²) in [5, 5.41) is 10.4. The van der Waals surface area contributed by atoms with Crippen molar-refractivity contribution in [2.45, 2.75) is 25.2 Å². The summed E-state index contributed by atoms with van der Waals surface area (Å²) in [5.74, 6) is -2.76. The van der Waals surface area contributed by atoms with Crippen molar-refractivity contribution in [3.63, 3.8) is 0 Å². The van der Waals surface area contributed by atoms with Gasteiger partial charge in [-0.3, -0.25) is 0 Å². The molecule has 1 spiro atoms. The molecule has 1 aromatic carbocycles. The van der Waals surface area contributed by atoms with Gasteiger partial charge in [0.05, 0.1) is 5.56 Å². The average Bonchev–Trinajstić information content (AvgIpc) is 2.92. The van der Waals surface area contributed by atoms with Crippen LogP contribution in [0, 0.1) is 5.41 Å². The van der Waals surface area contributed by atoms with Gasteiger partial charge in [0, 0.05) is 18.5 Å². The molecule has 138 valence electrons. The van der Waals surface area contributed by atoms with Crippen LogP contribution < -0.4 is 5.32 Å². The van der Waals surface area contributed by atoms with Crippen molar-refractivity contribution in [2.75, 3.05) is 13.1 Å². The van der Waals surface area contributed by atoms with Crippen LogP contribution in [0.25, 0.3) is 5.57 Å². The smallest absolute Gasteiger partial charge is 0.475 e. The Morgan fingerprint density at radius 3 is 1.88 bits per heavy atom. The van der Waals surface area contributed by atoms with Crippen molar-refractivity contribution < 1.29 is 36.2 Å². The number of hydrogen-bond acceptors (Lipinski definition) is 2. The highest BCUT2D eigenvalue weighted by Crippen LogP contribution is 2.43. The molecule has 0 unspecified atom stereocenters. The van der Waals surface area contributed by atoms with Crippen molar-refractivity contribution in [3.05, 3.63) is 41.5 Å². The molecule has 1 aromatic rings. The van der Waals surface area contributed by atoms with Crippen LogP contribution in [-0.4, -0.2) is 30.3 Å². The molecule has 1 aliphatic carbocycles. The molecule has 0 aromatic heterocycles. The fourth-order valence-corrected chi connectivity index (χ4v) is 2.72. The van der Waals surface area contributed by atoms with E-state index in [0.29, 0.717) is 0 Å². The highest BCUT2D eigenvalue weighted by Gasteiger charge is 2.39. The Morgan fingerprint density at radius 2 is 1.56 bits per heavy atom. The molecule has 0 saturated carbocycles. The average molecular weight is 367 g/mol. The quantitative estimate of drug-likeness (QED) is 0.735. The Morgan fingerprint density at radius 1 is 1.04 bits per heavy atom. The van der Waals surface area contributed by atoms with E-state index in [2.05, 4.69) is 11.4 Å². The molecular formula is C16H15F6NO2. The van der Waals surface area contributed by atoms with Crippen LogP contribution in [0.3, 0.4) is 0 Å². The van der Waals surface area contributed by atoms with Gasteiger partial charge in [-0.1, -0.05) is 18.2 Å². The minimum Gasteiger partial charge on any atom is -0.475 e. The summed E-state index contributed by atoms with van der Waals surface area (Å²) in [6.07, 6.45) is -5.02. The molecule has 3 rings (SSSR count). The predicted octanol–water partition coefficient (Wildman–Crippen LogP) is 4.11. The van der Waals surface area contributed by atoms with Crippen LogP contribution in [0.5, 0.6) is 0 Å². The third kappa shape index (κ3) is 4.75. The normalized spacial score (nSPS) is 18.9. The summed E-state index contributed by atoms with van der Waals surface area (Å²) < 4.78 is 69.1. The SMILES string of the molecule is FC(F)(F)c1ccc(C2=CC3(CC2)CNC3)cc1.O=C(O)C(F)(F)F. The lowest BCUT2D eigenvalue weighted by molar-refractivity contribution is -0.192. The van der Waals surface area contributed by atoms with Crippen LogP contribution in [0.2, 0.25) is 0 Å². The molecule has 25 heavy (non-hydrogen) atoms. The van der Waals surface area contributed by atoms with Gasteiger partial charge in [0.2, 0.25) is 0 Å². The molecule has 2 N–H and O–H groups in total. The van der Waals surface area contributed by atoms with Gasteiger partial charge in [0.15, 0.2) is 0 Å². The van der Waals surface area contributed by atoms with Gasteiger partial charge in [0.25, 0.3) is 0 Å². The highest BCUT2D eigenvalue weighted by molar-refractivity contribution is 5.73. The maximum Gasteiger partial charge on any atom is 0.490 e. The minimum atomic E-state index is -5.08. The van der Waals surface area contributed by atoms with Crippen LogP contribution in [0.15, 0.2) is 30.3 Å². The first-order chi connectivity index (χ1) is 11.4.